The van der Waals surface area contributed by atoms with E-state index in [0.29, 0.717) is 0 Å². The van der Waals surface area contributed by atoms with Crippen LogP contribution in [0.15, 0.2) is 72.8 Å². The number of benzene rings is 3. The lowest BCUT2D eigenvalue weighted by Crippen LogP contribution is -2.13. The van der Waals surface area contributed by atoms with Gasteiger partial charge in [-0.3, -0.25) is 0 Å². The van der Waals surface area contributed by atoms with Gasteiger partial charge in [0.05, 0.1) is 14.4 Å². The van der Waals surface area contributed by atoms with Gasteiger partial charge >= 0.3 is 0 Å². The first-order valence-electron chi connectivity index (χ1n) is 7.45. The molecule has 0 aliphatic rings. The maximum atomic E-state index is 6.91. The van der Waals surface area contributed by atoms with Crippen molar-refractivity contribution in [2.75, 3.05) is 7.11 Å². The molecule has 0 saturated carbocycles. The van der Waals surface area contributed by atoms with Crippen LogP contribution in [0.1, 0.15) is 5.56 Å². The lowest BCUT2D eigenvalue weighted by atomic mass is 10.1. The molecule has 3 aromatic rings. The summed E-state index contributed by atoms with van der Waals surface area (Å²) in [7, 11) is 0.689. The highest BCUT2D eigenvalue weighted by molar-refractivity contribution is 7.96. The normalized spacial score (nSPS) is 12.0. The highest BCUT2D eigenvalue weighted by Crippen LogP contribution is 2.44. The van der Waals surface area contributed by atoms with Crippen LogP contribution in [0.3, 0.4) is 0 Å². The summed E-state index contributed by atoms with van der Waals surface area (Å²) >= 11 is 6.91. The fraction of sp³-hybridized carbons (Fsp3) is 0.100. The molecule has 0 amide bonds. The van der Waals surface area contributed by atoms with Crippen molar-refractivity contribution in [1.82, 2.24) is 0 Å². The Bertz CT molecular complexity index is 802. The van der Waals surface area contributed by atoms with Gasteiger partial charge in [-0.25, -0.2) is 0 Å². The van der Waals surface area contributed by atoms with Gasteiger partial charge in [0.25, 0.3) is 0 Å². The highest BCUT2D eigenvalue weighted by atomic mass is 35.7. The van der Waals surface area contributed by atoms with Gasteiger partial charge in [-0.1, -0.05) is 71.9 Å². The molecule has 0 aliphatic carbocycles. The van der Waals surface area contributed by atoms with Crippen LogP contribution in [0, 0.1) is 6.92 Å². The monoisotopic (exact) mass is 340 g/mol. The van der Waals surface area contributed by atoms with E-state index in [2.05, 4.69) is 61.5 Å². The minimum Gasteiger partial charge on any atom is -0.496 e. The van der Waals surface area contributed by atoms with Gasteiger partial charge in [-0.2, -0.15) is 0 Å². The highest BCUT2D eigenvalue weighted by Gasteiger charge is 2.19. The van der Waals surface area contributed by atoms with Gasteiger partial charge in [-0.15, -0.1) is 0 Å². The topological polar surface area (TPSA) is 9.23 Å². The Balaban J connectivity index is 2.09. The predicted octanol–water partition coefficient (Wildman–Crippen LogP) is 5.26. The molecule has 0 N–H and O–H groups in total. The molecule has 0 spiro atoms. The molecular formula is C20H18ClOP. The molecule has 0 saturated heterocycles. The van der Waals surface area contributed by atoms with E-state index >= 15 is 0 Å². The molecule has 0 radical (unpaired) electrons. The van der Waals surface area contributed by atoms with Crippen molar-refractivity contribution >= 4 is 29.1 Å². The summed E-state index contributed by atoms with van der Waals surface area (Å²) < 4.78 is 5.55. The molecule has 1 atom stereocenters. The molecule has 3 rings (SSSR count). The first-order valence-corrected chi connectivity index (χ1v) is 9.70. The van der Waals surface area contributed by atoms with Crippen LogP contribution < -0.4 is 15.3 Å². The summed E-state index contributed by atoms with van der Waals surface area (Å²) in [6.07, 6.45) is 0. The second-order valence-corrected chi connectivity index (χ2v) is 7.88. The second-order valence-electron chi connectivity index (χ2n) is 5.34. The standard InChI is InChI=1S/C20H18ClOP/c1-15-12-13-20(18(14-15)22-2)23(21)19-11-7-6-10-17(19)16-8-4-3-5-9-16/h3-14H,1-2H3. The quantitative estimate of drug-likeness (QED) is 0.589. The first kappa shape index (κ1) is 16.1. The Morgan fingerprint density at radius 3 is 2.26 bits per heavy atom. The van der Waals surface area contributed by atoms with Gasteiger partial charge in [0, 0.05) is 10.6 Å². The molecule has 0 heterocycles. The Labute approximate surface area is 143 Å². The summed E-state index contributed by atoms with van der Waals surface area (Å²) in [5.41, 5.74) is 3.53. The minimum atomic E-state index is -1.01. The van der Waals surface area contributed by atoms with E-state index in [1.54, 1.807) is 7.11 Å². The molecular weight excluding hydrogens is 323 g/mol. The molecule has 1 unspecified atom stereocenters. The van der Waals surface area contributed by atoms with Crippen molar-refractivity contribution in [3.05, 3.63) is 78.4 Å². The summed E-state index contributed by atoms with van der Waals surface area (Å²) in [6.45, 7) is 2.06. The molecule has 0 fully saturated rings. The maximum Gasteiger partial charge on any atom is 0.128 e. The fourth-order valence-corrected chi connectivity index (χ4v) is 4.89. The van der Waals surface area contributed by atoms with Crippen LogP contribution in [-0.2, 0) is 0 Å². The van der Waals surface area contributed by atoms with Crippen molar-refractivity contribution in [1.29, 1.82) is 0 Å². The number of methoxy groups -OCH3 is 1. The van der Waals surface area contributed by atoms with E-state index in [0.717, 1.165) is 16.4 Å². The molecule has 0 bridgehead atoms. The number of ether oxygens (including phenoxy) is 1. The van der Waals surface area contributed by atoms with E-state index in [1.807, 2.05) is 18.2 Å². The van der Waals surface area contributed by atoms with Crippen molar-refractivity contribution in [3.8, 4) is 16.9 Å². The van der Waals surface area contributed by atoms with Crippen molar-refractivity contribution in [2.24, 2.45) is 0 Å². The summed E-state index contributed by atoms with van der Waals surface area (Å²) in [5.74, 6) is 0.856. The molecule has 0 aromatic heterocycles. The predicted molar refractivity (Wildman–Crippen MR) is 102 cm³/mol. The van der Waals surface area contributed by atoms with Gasteiger partial charge in [0.1, 0.15) is 5.75 Å². The molecule has 116 valence electrons. The smallest absolute Gasteiger partial charge is 0.128 e. The summed E-state index contributed by atoms with van der Waals surface area (Å²) in [4.78, 5) is 0. The van der Waals surface area contributed by atoms with Crippen molar-refractivity contribution in [2.45, 2.75) is 6.92 Å². The van der Waals surface area contributed by atoms with Crippen LogP contribution in [0.2, 0.25) is 0 Å². The molecule has 3 heteroatoms. The summed E-state index contributed by atoms with van der Waals surface area (Å²) in [5, 5.41) is 2.20. The molecule has 23 heavy (non-hydrogen) atoms. The number of aryl methyl sites for hydroxylation is 1. The lowest BCUT2D eigenvalue weighted by molar-refractivity contribution is 0.418. The number of halogens is 1. The average Bonchev–Trinajstić information content (AvgIpc) is 2.61. The maximum absolute atomic E-state index is 6.91. The van der Waals surface area contributed by atoms with Gasteiger partial charge in [-0.05, 0) is 35.7 Å². The molecule has 0 aliphatic heterocycles. The van der Waals surface area contributed by atoms with Crippen LogP contribution in [0.5, 0.6) is 5.75 Å². The number of hydrogen-bond donors (Lipinski definition) is 0. The minimum absolute atomic E-state index is 0.856. The zero-order chi connectivity index (χ0) is 16.2. The number of rotatable bonds is 4. The average molecular weight is 341 g/mol. The third kappa shape index (κ3) is 3.42. The Hall–Kier alpha value is -1.82. The largest absolute Gasteiger partial charge is 0.496 e. The van der Waals surface area contributed by atoms with Crippen LogP contribution in [0.25, 0.3) is 11.1 Å². The van der Waals surface area contributed by atoms with Crippen LogP contribution in [0.4, 0.5) is 0 Å². The first-order chi connectivity index (χ1) is 11.2. The van der Waals surface area contributed by atoms with E-state index in [-0.39, 0.29) is 0 Å². The second kappa shape index (κ2) is 7.17. The van der Waals surface area contributed by atoms with Crippen molar-refractivity contribution in [3.63, 3.8) is 0 Å². The number of hydrogen-bond acceptors (Lipinski definition) is 1. The Morgan fingerprint density at radius 2 is 1.52 bits per heavy atom. The summed E-state index contributed by atoms with van der Waals surface area (Å²) in [6, 6.07) is 24.9. The van der Waals surface area contributed by atoms with Crippen LogP contribution >= 0.6 is 18.5 Å². The van der Waals surface area contributed by atoms with Crippen LogP contribution in [-0.4, -0.2) is 7.11 Å². The van der Waals surface area contributed by atoms with Gasteiger partial charge in [0.15, 0.2) is 0 Å². The van der Waals surface area contributed by atoms with E-state index in [4.69, 9.17) is 16.0 Å². The molecule has 3 aromatic carbocycles. The van der Waals surface area contributed by atoms with Gasteiger partial charge in [0.2, 0.25) is 0 Å². The SMILES string of the molecule is COc1cc(C)ccc1P(Cl)c1ccccc1-c1ccccc1. The molecule has 1 nitrogen and oxygen atoms in total. The zero-order valence-corrected chi connectivity index (χ0v) is 14.8. The van der Waals surface area contributed by atoms with Crippen molar-refractivity contribution < 1.29 is 4.74 Å². The van der Waals surface area contributed by atoms with E-state index in [1.165, 1.54) is 16.7 Å². The van der Waals surface area contributed by atoms with E-state index in [9.17, 15) is 0 Å². The fourth-order valence-electron chi connectivity index (χ4n) is 2.58. The Morgan fingerprint density at radius 1 is 0.826 bits per heavy atom. The zero-order valence-electron chi connectivity index (χ0n) is 13.2. The lowest BCUT2D eigenvalue weighted by Gasteiger charge is -2.18. The third-order valence-electron chi connectivity index (χ3n) is 3.75. The third-order valence-corrected chi connectivity index (χ3v) is 6.45. The Kier molecular flexibility index (Phi) is 5.00. The van der Waals surface area contributed by atoms with Gasteiger partial charge < -0.3 is 4.74 Å². The van der Waals surface area contributed by atoms with E-state index < -0.39 is 7.27 Å².